The van der Waals surface area contributed by atoms with E-state index in [4.69, 9.17) is 18.9 Å². The number of guanidine groups is 1. The van der Waals surface area contributed by atoms with E-state index in [1.54, 1.807) is 25.3 Å². The van der Waals surface area contributed by atoms with Crippen LogP contribution < -0.4 is 24.8 Å². The van der Waals surface area contributed by atoms with Crippen LogP contribution >= 0.6 is 0 Å². The number of nitrogens with one attached hydrogen (secondary N) is 2. The van der Waals surface area contributed by atoms with Gasteiger partial charge in [-0.1, -0.05) is 0 Å². The Balaban J connectivity index is 1.48. The van der Waals surface area contributed by atoms with Crippen molar-refractivity contribution >= 4 is 17.6 Å². The van der Waals surface area contributed by atoms with E-state index >= 15 is 0 Å². The molecule has 8 nitrogen and oxygen atoms in total. The van der Waals surface area contributed by atoms with Gasteiger partial charge in [-0.15, -0.1) is 0 Å². The Kier molecular flexibility index (Phi) is 5.81. The second-order valence-electron chi connectivity index (χ2n) is 6.70. The van der Waals surface area contributed by atoms with Crippen LogP contribution in [0.15, 0.2) is 47.5 Å². The zero-order valence-electron chi connectivity index (χ0n) is 16.1. The van der Waals surface area contributed by atoms with Gasteiger partial charge in [0.25, 0.3) is 5.91 Å². The molecule has 4 rings (SSSR count). The molecule has 0 spiro atoms. The number of nitrogens with zero attached hydrogens (tertiary/aromatic N) is 1. The molecule has 2 aromatic carbocycles. The molecule has 0 aromatic heterocycles. The number of carbonyl (C=O) groups is 1. The highest BCUT2D eigenvalue weighted by molar-refractivity contribution is 6.10. The molecule has 29 heavy (non-hydrogen) atoms. The lowest BCUT2D eigenvalue weighted by Gasteiger charge is -2.14. The molecule has 8 heteroatoms. The molecule has 0 radical (unpaired) electrons. The summed E-state index contributed by atoms with van der Waals surface area (Å²) in [5, 5.41) is 6.00. The van der Waals surface area contributed by atoms with E-state index in [0.717, 1.165) is 30.9 Å². The fraction of sp³-hybridized carbons (Fsp3) is 0.333. The van der Waals surface area contributed by atoms with Gasteiger partial charge in [-0.25, -0.2) is 4.99 Å². The van der Waals surface area contributed by atoms with Crippen molar-refractivity contribution in [2.45, 2.75) is 18.9 Å². The van der Waals surface area contributed by atoms with E-state index in [1.807, 2.05) is 24.3 Å². The van der Waals surface area contributed by atoms with Crippen LogP contribution in [0.1, 0.15) is 23.2 Å². The lowest BCUT2D eigenvalue weighted by Crippen LogP contribution is -2.36. The molecule has 0 saturated carbocycles. The Labute approximate surface area is 168 Å². The Hall–Kier alpha value is -3.26. The first-order chi connectivity index (χ1) is 14.2. The number of hydrogen-bond donors (Lipinski definition) is 2. The number of aliphatic imine (C=N–C) groups is 1. The van der Waals surface area contributed by atoms with E-state index in [2.05, 4.69) is 15.6 Å². The molecule has 2 aliphatic rings. The largest absolute Gasteiger partial charge is 0.497 e. The van der Waals surface area contributed by atoms with E-state index in [1.165, 1.54) is 0 Å². The molecule has 2 heterocycles. The van der Waals surface area contributed by atoms with Gasteiger partial charge in [0, 0.05) is 17.9 Å². The molecule has 2 N–H and O–H groups in total. The Bertz CT molecular complexity index is 892. The highest BCUT2D eigenvalue weighted by Gasteiger charge is 2.18. The van der Waals surface area contributed by atoms with Crippen LogP contribution in [0.3, 0.4) is 0 Å². The highest BCUT2D eigenvalue weighted by atomic mass is 16.7. The molecule has 0 aliphatic carbocycles. The van der Waals surface area contributed by atoms with Gasteiger partial charge < -0.3 is 24.3 Å². The summed E-state index contributed by atoms with van der Waals surface area (Å²) in [6.07, 6.45) is 2.07. The predicted molar refractivity (Wildman–Crippen MR) is 108 cm³/mol. The van der Waals surface area contributed by atoms with Crippen LogP contribution in [0, 0.1) is 0 Å². The van der Waals surface area contributed by atoms with Gasteiger partial charge in [-0.05, 0) is 55.3 Å². The van der Waals surface area contributed by atoms with Gasteiger partial charge in [0.05, 0.1) is 19.8 Å². The molecule has 1 amide bonds. The maximum atomic E-state index is 12.8. The SMILES string of the molecule is COc1ccc(NC(=NC[C@H]2CCCO2)NC(=O)c2ccc3c(c2)OCO3)cc1. The Morgan fingerprint density at radius 2 is 2.00 bits per heavy atom. The maximum absolute atomic E-state index is 12.8. The average molecular weight is 397 g/mol. The lowest BCUT2D eigenvalue weighted by atomic mass is 10.2. The van der Waals surface area contributed by atoms with Crippen molar-refractivity contribution in [2.75, 3.05) is 32.4 Å². The molecule has 0 unspecified atom stereocenters. The van der Waals surface area contributed by atoms with E-state index < -0.39 is 0 Å². The van der Waals surface area contributed by atoms with Gasteiger partial charge in [0.2, 0.25) is 12.8 Å². The maximum Gasteiger partial charge on any atom is 0.258 e. The van der Waals surface area contributed by atoms with E-state index in [0.29, 0.717) is 29.6 Å². The fourth-order valence-corrected chi connectivity index (χ4v) is 3.12. The predicted octanol–water partition coefficient (Wildman–Crippen LogP) is 2.80. The second-order valence-corrected chi connectivity index (χ2v) is 6.70. The number of amides is 1. The molecular formula is C21H23N3O5. The first kappa shape index (κ1) is 19.1. The smallest absolute Gasteiger partial charge is 0.258 e. The van der Waals surface area contributed by atoms with Crippen molar-refractivity contribution in [2.24, 2.45) is 4.99 Å². The first-order valence-corrected chi connectivity index (χ1v) is 9.49. The monoisotopic (exact) mass is 397 g/mol. The zero-order chi connectivity index (χ0) is 20.1. The van der Waals surface area contributed by atoms with Gasteiger partial charge in [-0.2, -0.15) is 0 Å². The Morgan fingerprint density at radius 1 is 1.17 bits per heavy atom. The van der Waals surface area contributed by atoms with Gasteiger partial charge in [-0.3, -0.25) is 10.1 Å². The third kappa shape index (κ3) is 4.78. The first-order valence-electron chi connectivity index (χ1n) is 9.49. The Morgan fingerprint density at radius 3 is 2.76 bits per heavy atom. The number of ether oxygens (including phenoxy) is 4. The molecule has 0 bridgehead atoms. The third-order valence-corrected chi connectivity index (χ3v) is 4.70. The van der Waals surface area contributed by atoms with E-state index in [9.17, 15) is 4.79 Å². The summed E-state index contributed by atoms with van der Waals surface area (Å²) in [7, 11) is 1.61. The van der Waals surface area contributed by atoms with Crippen molar-refractivity contribution in [1.29, 1.82) is 0 Å². The standard InChI is InChI=1S/C21H23N3O5/c1-26-16-7-5-15(6-8-16)23-21(22-12-17-3-2-10-27-17)24-20(25)14-4-9-18-19(11-14)29-13-28-18/h4-9,11,17H,2-3,10,12-13H2,1H3,(H2,22,23,24,25)/t17-/m1/s1. The average Bonchev–Trinajstić information content (AvgIpc) is 3.43. The summed E-state index contributed by atoms with van der Waals surface area (Å²) in [6.45, 7) is 1.39. The van der Waals surface area contributed by atoms with Crippen molar-refractivity contribution in [3.05, 3.63) is 48.0 Å². The summed E-state index contributed by atoms with van der Waals surface area (Å²) < 4.78 is 21.5. The topological polar surface area (TPSA) is 90.4 Å². The summed E-state index contributed by atoms with van der Waals surface area (Å²) in [4.78, 5) is 17.3. The van der Waals surface area contributed by atoms with Crippen LogP contribution in [-0.2, 0) is 4.74 Å². The highest BCUT2D eigenvalue weighted by Crippen LogP contribution is 2.32. The van der Waals surface area contributed by atoms with Crippen molar-refractivity contribution in [3.8, 4) is 17.2 Å². The van der Waals surface area contributed by atoms with Crippen LogP contribution in [-0.4, -0.2) is 45.0 Å². The summed E-state index contributed by atoms with van der Waals surface area (Å²) >= 11 is 0. The summed E-state index contributed by atoms with van der Waals surface area (Å²) in [5.74, 6) is 1.99. The number of methoxy groups -OCH3 is 1. The third-order valence-electron chi connectivity index (χ3n) is 4.70. The van der Waals surface area contributed by atoms with Crippen LogP contribution in [0.5, 0.6) is 17.2 Å². The fourth-order valence-electron chi connectivity index (χ4n) is 3.12. The lowest BCUT2D eigenvalue weighted by molar-refractivity contribution is 0.0975. The molecule has 2 aromatic rings. The molecule has 1 saturated heterocycles. The van der Waals surface area contributed by atoms with Crippen LogP contribution in [0.4, 0.5) is 5.69 Å². The van der Waals surface area contributed by atoms with Crippen LogP contribution in [0.25, 0.3) is 0 Å². The quantitative estimate of drug-likeness (QED) is 0.596. The molecule has 152 valence electrons. The second kappa shape index (κ2) is 8.83. The van der Waals surface area contributed by atoms with Crippen molar-refractivity contribution in [3.63, 3.8) is 0 Å². The minimum Gasteiger partial charge on any atom is -0.497 e. The van der Waals surface area contributed by atoms with Crippen molar-refractivity contribution < 1.29 is 23.7 Å². The molecule has 1 fully saturated rings. The number of hydrogen-bond acceptors (Lipinski definition) is 6. The summed E-state index contributed by atoms with van der Waals surface area (Å²) in [5.41, 5.74) is 1.23. The number of fused-ring (bicyclic) bond motifs is 1. The van der Waals surface area contributed by atoms with Gasteiger partial charge >= 0.3 is 0 Å². The summed E-state index contributed by atoms with van der Waals surface area (Å²) in [6, 6.07) is 12.4. The van der Waals surface area contributed by atoms with Crippen molar-refractivity contribution in [1.82, 2.24) is 5.32 Å². The van der Waals surface area contributed by atoms with Gasteiger partial charge in [0.1, 0.15) is 5.75 Å². The minimum atomic E-state index is -0.296. The molecule has 2 aliphatic heterocycles. The van der Waals surface area contributed by atoms with Crippen LogP contribution in [0.2, 0.25) is 0 Å². The number of rotatable bonds is 5. The normalized spacial score (nSPS) is 17.8. The van der Waals surface area contributed by atoms with Gasteiger partial charge in [0.15, 0.2) is 11.5 Å². The molecular weight excluding hydrogens is 374 g/mol. The number of carbonyl (C=O) groups excluding carboxylic acids is 1. The number of benzene rings is 2. The molecule has 1 atom stereocenters. The number of anilines is 1. The minimum absolute atomic E-state index is 0.0742. The zero-order valence-corrected chi connectivity index (χ0v) is 16.1. The van der Waals surface area contributed by atoms with E-state index in [-0.39, 0.29) is 18.8 Å².